The van der Waals surface area contributed by atoms with Crippen LogP contribution in [0.15, 0.2) is 59.0 Å². The maximum Gasteiger partial charge on any atom is 0.262 e. The Balaban J connectivity index is 2.07. The van der Waals surface area contributed by atoms with E-state index in [9.17, 15) is 9.59 Å². The van der Waals surface area contributed by atoms with E-state index in [1.165, 1.54) is 11.8 Å². The Hall–Kier alpha value is -2.60. The first kappa shape index (κ1) is 18.2. The summed E-state index contributed by atoms with van der Waals surface area (Å²) in [5.41, 5.74) is 0.573. The van der Waals surface area contributed by atoms with E-state index in [2.05, 4.69) is 16.9 Å². The lowest BCUT2D eigenvalue weighted by Gasteiger charge is -2.15. The van der Waals surface area contributed by atoms with E-state index in [0.29, 0.717) is 29.1 Å². The molecule has 26 heavy (non-hydrogen) atoms. The van der Waals surface area contributed by atoms with Crippen molar-refractivity contribution in [1.29, 1.82) is 0 Å². The van der Waals surface area contributed by atoms with Gasteiger partial charge in [0.15, 0.2) is 5.16 Å². The number of carbonyl (C=O) groups is 1. The summed E-state index contributed by atoms with van der Waals surface area (Å²) in [6, 6.07) is 11.7. The molecule has 0 saturated heterocycles. The summed E-state index contributed by atoms with van der Waals surface area (Å²) >= 11 is 1.29. The van der Waals surface area contributed by atoms with Gasteiger partial charge in [-0.3, -0.25) is 14.2 Å². The highest BCUT2D eigenvalue weighted by Gasteiger charge is 2.18. The molecule has 0 saturated carbocycles. The predicted molar refractivity (Wildman–Crippen MR) is 108 cm³/mol. The molecule has 5 nitrogen and oxygen atoms in total. The zero-order chi connectivity index (χ0) is 18.7. The highest BCUT2D eigenvalue weighted by atomic mass is 32.2. The van der Waals surface area contributed by atoms with E-state index in [1.807, 2.05) is 43.3 Å². The second kappa shape index (κ2) is 7.74. The van der Waals surface area contributed by atoms with E-state index in [0.717, 1.165) is 10.8 Å². The number of hydrogen-bond donors (Lipinski definition) is 1. The minimum Gasteiger partial charge on any atom is -0.352 e. The molecule has 0 aliphatic heterocycles. The summed E-state index contributed by atoms with van der Waals surface area (Å²) < 4.78 is 1.62. The molecule has 0 aliphatic rings. The second-order valence-electron chi connectivity index (χ2n) is 5.95. The number of nitrogens with one attached hydrogen (secondary N) is 1. The third-order valence-electron chi connectivity index (χ3n) is 4.17. The minimum atomic E-state index is -0.363. The molecule has 2 aromatic carbocycles. The van der Waals surface area contributed by atoms with Crippen LogP contribution in [-0.2, 0) is 11.3 Å². The lowest BCUT2D eigenvalue weighted by atomic mass is 10.1. The summed E-state index contributed by atoms with van der Waals surface area (Å²) in [5.74, 6) is -0.106. The molecule has 0 unspecified atom stereocenters. The third-order valence-corrected chi connectivity index (χ3v) is 5.26. The number of carbonyl (C=O) groups excluding carboxylic acids is 1. The van der Waals surface area contributed by atoms with Crippen molar-refractivity contribution in [2.75, 3.05) is 6.54 Å². The summed E-state index contributed by atoms with van der Waals surface area (Å²) in [7, 11) is 0. The normalized spacial score (nSPS) is 12.2. The Morgan fingerprint density at radius 1 is 1.35 bits per heavy atom. The molecule has 1 amide bonds. The predicted octanol–water partition coefficient (Wildman–Crippen LogP) is 3.35. The van der Waals surface area contributed by atoms with Crippen molar-refractivity contribution < 1.29 is 4.79 Å². The van der Waals surface area contributed by atoms with Crippen LogP contribution in [0.3, 0.4) is 0 Å². The maximum atomic E-state index is 12.9. The second-order valence-corrected chi connectivity index (χ2v) is 7.26. The van der Waals surface area contributed by atoms with Crippen LogP contribution in [0.5, 0.6) is 0 Å². The molecule has 1 atom stereocenters. The van der Waals surface area contributed by atoms with Crippen LogP contribution < -0.4 is 10.9 Å². The van der Waals surface area contributed by atoms with E-state index in [-0.39, 0.29) is 16.7 Å². The van der Waals surface area contributed by atoms with E-state index in [4.69, 9.17) is 0 Å². The van der Waals surface area contributed by atoms with Crippen LogP contribution in [-0.4, -0.2) is 27.3 Å². The Labute approximate surface area is 156 Å². The number of fused-ring (bicyclic) bond motifs is 2. The quantitative estimate of drug-likeness (QED) is 0.314. The Kier molecular flexibility index (Phi) is 5.42. The fourth-order valence-electron chi connectivity index (χ4n) is 2.78. The van der Waals surface area contributed by atoms with Crippen LogP contribution in [0.25, 0.3) is 21.7 Å². The van der Waals surface area contributed by atoms with Crippen LogP contribution in [0, 0.1) is 0 Å². The summed E-state index contributed by atoms with van der Waals surface area (Å²) in [5, 5.41) is 5.61. The lowest BCUT2D eigenvalue weighted by molar-refractivity contribution is -0.120. The Morgan fingerprint density at radius 2 is 2.04 bits per heavy atom. The molecule has 3 rings (SSSR count). The average molecular weight is 367 g/mol. The van der Waals surface area contributed by atoms with E-state index >= 15 is 0 Å². The van der Waals surface area contributed by atoms with Gasteiger partial charge in [0.1, 0.15) is 0 Å². The Bertz CT molecular complexity index is 1040. The van der Waals surface area contributed by atoms with Crippen molar-refractivity contribution in [1.82, 2.24) is 14.9 Å². The molecule has 134 valence electrons. The van der Waals surface area contributed by atoms with Crippen LogP contribution in [0.4, 0.5) is 0 Å². The highest BCUT2D eigenvalue weighted by molar-refractivity contribution is 8.00. The largest absolute Gasteiger partial charge is 0.352 e. The molecule has 0 bridgehead atoms. The van der Waals surface area contributed by atoms with Gasteiger partial charge in [-0.25, -0.2) is 4.98 Å². The molecular formula is C20H21N3O2S. The number of benzene rings is 2. The molecule has 1 N–H and O–H groups in total. The lowest BCUT2D eigenvalue weighted by Crippen LogP contribution is -2.32. The first-order valence-electron chi connectivity index (χ1n) is 8.53. The van der Waals surface area contributed by atoms with Crippen LogP contribution in [0.2, 0.25) is 0 Å². The molecule has 3 aromatic rings. The van der Waals surface area contributed by atoms with E-state index in [1.54, 1.807) is 17.6 Å². The number of amides is 1. The van der Waals surface area contributed by atoms with Gasteiger partial charge in [-0.15, -0.1) is 6.58 Å². The zero-order valence-electron chi connectivity index (χ0n) is 14.9. The molecule has 1 aromatic heterocycles. The molecular weight excluding hydrogens is 346 g/mol. The van der Waals surface area contributed by atoms with Crippen molar-refractivity contribution >= 4 is 39.3 Å². The van der Waals surface area contributed by atoms with Crippen LogP contribution in [0.1, 0.15) is 13.8 Å². The van der Waals surface area contributed by atoms with Gasteiger partial charge in [-0.05, 0) is 36.8 Å². The smallest absolute Gasteiger partial charge is 0.262 e. The van der Waals surface area contributed by atoms with E-state index < -0.39 is 0 Å². The number of hydrogen-bond acceptors (Lipinski definition) is 4. The van der Waals surface area contributed by atoms with Gasteiger partial charge in [-0.1, -0.05) is 42.1 Å². The SMILES string of the molecule is C=CCNC(=O)[C@H](C)Sc1nc2cc3ccccc3cc2c(=O)n1CC. The van der Waals surface area contributed by atoms with Gasteiger partial charge in [0.05, 0.1) is 16.2 Å². The Morgan fingerprint density at radius 3 is 2.69 bits per heavy atom. The average Bonchev–Trinajstić information content (AvgIpc) is 2.65. The van der Waals surface area contributed by atoms with Gasteiger partial charge in [0.2, 0.25) is 5.91 Å². The standard InChI is InChI=1S/C20H21N3O2S/c1-4-10-21-18(24)13(3)26-20-22-17-12-15-9-7-6-8-14(15)11-16(17)19(25)23(20)5-2/h4,6-9,11-13H,1,5,10H2,2-3H3,(H,21,24)/t13-/m0/s1. The van der Waals surface area contributed by atoms with Crippen molar-refractivity contribution in [2.45, 2.75) is 30.8 Å². The number of nitrogens with zero attached hydrogens (tertiary/aromatic N) is 2. The number of rotatable bonds is 6. The molecule has 6 heteroatoms. The number of aromatic nitrogens is 2. The summed E-state index contributed by atoms with van der Waals surface area (Å²) in [6.45, 7) is 8.22. The monoisotopic (exact) mass is 367 g/mol. The summed E-state index contributed by atoms with van der Waals surface area (Å²) in [6.07, 6.45) is 1.64. The minimum absolute atomic E-state index is 0.0792. The van der Waals surface area contributed by atoms with Gasteiger partial charge < -0.3 is 5.32 Å². The maximum absolute atomic E-state index is 12.9. The first-order valence-corrected chi connectivity index (χ1v) is 9.41. The first-order chi connectivity index (χ1) is 12.5. The van der Waals surface area contributed by atoms with Gasteiger partial charge >= 0.3 is 0 Å². The molecule has 0 spiro atoms. The van der Waals surface area contributed by atoms with Crippen molar-refractivity contribution in [3.63, 3.8) is 0 Å². The third kappa shape index (κ3) is 3.51. The van der Waals surface area contributed by atoms with Crippen LogP contribution >= 0.6 is 11.8 Å². The zero-order valence-corrected chi connectivity index (χ0v) is 15.7. The van der Waals surface area contributed by atoms with Crippen molar-refractivity contribution in [3.05, 3.63) is 59.4 Å². The van der Waals surface area contributed by atoms with Gasteiger partial charge in [0, 0.05) is 13.1 Å². The van der Waals surface area contributed by atoms with Crippen molar-refractivity contribution in [3.8, 4) is 0 Å². The molecule has 0 fully saturated rings. The molecule has 0 radical (unpaired) electrons. The summed E-state index contributed by atoms with van der Waals surface area (Å²) in [4.78, 5) is 29.8. The van der Waals surface area contributed by atoms with Crippen molar-refractivity contribution in [2.24, 2.45) is 0 Å². The molecule has 0 aliphatic carbocycles. The highest BCUT2D eigenvalue weighted by Crippen LogP contribution is 2.25. The van der Waals surface area contributed by atoms with Gasteiger partial charge in [0.25, 0.3) is 5.56 Å². The number of thioether (sulfide) groups is 1. The topological polar surface area (TPSA) is 64.0 Å². The fourth-order valence-corrected chi connectivity index (χ4v) is 3.78. The van der Waals surface area contributed by atoms with Gasteiger partial charge in [-0.2, -0.15) is 0 Å². The fraction of sp³-hybridized carbons (Fsp3) is 0.250. The molecule has 1 heterocycles.